The van der Waals surface area contributed by atoms with Crippen molar-refractivity contribution < 1.29 is 24.1 Å². The van der Waals surface area contributed by atoms with Crippen LogP contribution in [-0.2, 0) is 0 Å². The highest BCUT2D eigenvalue weighted by Crippen LogP contribution is 2.32. The maximum Gasteiger partial charge on any atom is 0.407 e. The monoisotopic (exact) mass is 385 g/mol. The lowest BCUT2D eigenvalue weighted by atomic mass is 9.95. The van der Waals surface area contributed by atoms with Gasteiger partial charge in [0.05, 0.1) is 26.4 Å². The van der Waals surface area contributed by atoms with Gasteiger partial charge in [-0.2, -0.15) is 0 Å². The van der Waals surface area contributed by atoms with E-state index in [2.05, 4.69) is 0 Å². The summed E-state index contributed by atoms with van der Waals surface area (Å²) in [6, 6.07) is 15.2. The minimum Gasteiger partial charge on any atom is -0.493 e. The van der Waals surface area contributed by atoms with Crippen molar-refractivity contribution in [2.75, 3.05) is 26.9 Å². The highest BCUT2D eigenvalue weighted by atomic mass is 16.5. The van der Waals surface area contributed by atoms with Crippen LogP contribution in [-0.4, -0.2) is 43.0 Å². The molecule has 2 aromatic rings. The molecule has 0 bridgehead atoms. The zero-order valence-electron chi connectivity index (χ0n) is 16.2. The molecule has 0 aromatic heterocycles. The highest BCUT2D eigenvalue weighted by molar-refractivity contribution is 5.66. The van der Waals surface area contributed by atoms with E-state index in [0.29, 0.717) is 19.8 Å². The van der Waals surface area contributed by atoms with Gasteiger partial charge in [-0.25, -0.2) is 4.79 Å². The second kappa shape index (κ2) is 9.88. The Balaban J connectivity index is 1.45. The SMILES string of the molecule is COc1ccccc1OCCCOc1ccc(C2CCCCN2C(=O)O)cc1. The van der Waals surface area contributed by atoms with Crippen molar-refractivity contribution in [2.24, 2.45) is 0 Å². The average molecular weight is 385 g/mol. The number of piperidine rings is 1. The zero-order valence-corrected chi connectivity index (χ0v) is 16.2. The van der Waals surface area contributed by atoms with Gasteiger partial charge in [0, 0.05) is 13.0 Å². The van der Waals surface area contributed by atoms with Gasteiger partial charge in [-0.1, -0.05) is 24.3 Å². The van der Waals surface area contributed by atoms with Gasteiger partial charge in [0.25, 0.3) is 0 Å². The molecule has 1 aliphatic rings. The Morgan fingerprint density at radius 1 is 1.04 bits per heavy atom. The van der Waals surface area contributed by atoms with Crippen LogP contribution in [0.2, 0.25) is 0 Å². The number of likely N-dealkylation sites (tertiary alicyclic amines) is 1. The molecule has 6 heteroatoms. The smallest absolute Gasteiger partial charge is 0.407 e. The van der Waals surface area contributed by atoms with E-state index in [0.717, 1.165) is 48.5 Å². The first-order valence-corrected chi connectivity index (χ1v) is 9.67. The van der Waals surface area contributed by atoms with Crippen molar-refractivity contribution in [1.29, 1.82) is 0 Å². The Morgan fingerprint density at radius 3 is 2.46 bits per heavy atom. The molecule has 6 nitrogen and oxygen atoms in total. The number of hydrogen-bond donors (Lipinski definition) is 1. The molecule has 1 saturated heterocycles. The summed E-state index contributed by atoms with van der Waals surface area (Å²) in [6.07, 6.45) is 2.75. The van der Waals surface area contributed by atoms with Crippen LogP contribution in [0.15, 0.2) is 48.5 Å². The Labute approximate surface area is 165 Å². The fraction of sp³-hybridized carbons (Fsp3) is 0.409. The van der Waals surface area contributed by atoms with Crippen molar-refractivity contribution in [2.45, 2.75) is 31.7 Å². The molecule has 0 radical (unpaired) electrons. The van der Waals surface area contributed by atoms with Gasteiger partial charge < -0.3 is 24.2 Å². The van der Waals surface area contributed by atoms with Crippen molar-refractivity contribution in [1.82, 2.24) is 4.90 Å². The minimum absolute atomic E-state index is 0.0606. The first kappa shape index (κ1) is 19.9. The number of carboxylic acid groups (broad SMARTS) is 1. The standard InChI is InChI=1S/C22H27NO5/c1-26-20-8-2-3-9-21(20)28-16-6-15-27-18-12-10-17(11-13-18)19-7-4-5-14-23(19)22(24)25/h2-3,8-13,19H,4-7,14-16H2,1H3,(H,24,25). The molecule has 1 amide bonds. The lowest BCUT2D eigenvalue weighted by Crippen LogP contribution is -2.37. The predicted octanol–water partition coefficient (Wildman–Crippen LogP) is 4.75. The summed E-state index contributed by atoms with van der Waals surface area (Å²) in [5, 5.41) is 9.39. The van der Waals surface area contributed by atoms with Crippen LogP contribution in [0.25, 0.3) is 0 Å². The van der Waals surface area contributed by atoms with Gasteiger partial charge in [-0.15, -0.1) is 0 Å². The Hall–Kier alpha value is -2.89. The van der Waals surface area contributed by atoms with E-state index in [-0.39, 0.29) is 6.04 Å². The number of para-hydroxylation sites is 2. The molecule has 1 atom stereocenters. The van der Waals surface area contributed by atoms with Gasteiger partial charge in [-0.05, 0) is 49.1 Å². The number of hydrogen-bond acceptors (Lipinski definition) is 4. The molecule has 3 rings (SSSR count). The van der Waals surface area contributed by atoms with Crippen LogP contribution in [0.5, 0.6) is 17.2 Å². The molecule has 1 fully saturated rings. The van der Waals surface area contributed by atoms with Crippen molar-refractivity contribution in [3.63, 3.8) is 0 Å². The quantitative estimate of drug-likeness (QED) is 0.664. The molecule has 1 heterocycles. The molecule has 150 valence electrons. The van der Waals surface area contributed by atoms with Gasteiger partial charge >= 0.3 is 6.09 Å². The molecular formula is C22H27NO5. The third-order valence-corrected chi connectivity index (χ3v) is 4.90. The van der Waals surface area contributed by atoms with Gasteiger partial charge in [-0.3, -0.25) is 0 Å². The van der Waals surface area contributed by atoms with Gasteiger partial charge in [0.15, 0.2) is 11.5 Å². The molecule has 1 N–H and O–H groups in total. The van der Waals surface area contributed by atoms with Crippen LogP contribution in [0, 0.1) is 0 Å². The maximum atomic E-state index is 11.4. The summed E-state index contributed by atoms with van der Waals surface area (Å²) in [7, 11) is 1.62. The maximum absolute atomic E-state index is 11.4. The molecule has 1 aliphatic heterocycles. The fourth-order valence-electron chi connectivity index (χ4n) is 3.46. The molecular weight excluding hydrogens is 358 g/mol. The number of nitrogens with zero attached hydrogens (tertiary/aromatic N) is 1. The second-order valence-corrected chi connectivity index (χ2v) is 6.76. The van der Waals surface area contributed by atoms with Crippen LogP contribution in [0.4, 0.5) is 4.79 Å². The first-order valence-electron chi connectivity index (χ1n) is 9.67. The lowest BCUT2D eigenvalue weighted by molar-refractivity contribution is 0.106. The van der Waals surface area contributed by atoms with Gasteiger partial charge in [0.1, 0.15) is 5.75 Å². The first-order chi connectivity index (χ1) is 13.7. The number of benzene rings is 2. The van der Waals surface area contributed by atoms with Gasteiger partial charge in [0.2, 0.25) is 0 Å². The van der Waals surface area contributed by atoms with E-state index in [9.17, 15) is 9.90 Å². The zero-order chi connectivity index (χ0) is 19.8. The minimum atomic E-state index is -0.847. The summed E-state index contributed by atoms with van der Waals surface area (Å²) in [4.78, 5) is 13.0. The third-order valence-electron chi connectivity index (χ3n) is 4.90. The topological polar surface area (TPSA) is 68.2 Å². The third kappa shape index (κ3) is 5.09. The predicted molar refractivity (Wildman–Crippen MR) is 106 cm³/mol. The van der Waals surface area contributed by atoms with Crippen molar-refractivity contribution >= 4 is 6.09 Å². The van der Waals surface area contributed by atoms with E-state index in [1.807, 2.05) is 48.5 Å². The average Bonchev–Trinajstić information content (AvgIpc) is 2.74. The summed E-state index contributed by atoms with van der Waals surface area (Å²) in [5.41, 5.74) is 1.02. The van der Waals surface area contributed by atoms with Crippen LogP contribution < -0.4 is 14.2 Å². The number of methoxy groups -OCH3 is 1. The van der Waals surface area contributed by atoms with Crippen LogP contribution >= 0.6 is 0 Å². The van der Waals surface area contributed by atoms with E-state index in [1.165, 1.54) is 4.90 Å². The lowest BCUT2D eigenvalue weighted by Gasteiger charge is -2.33. The van der Waals surface area contributed by atoms with E-state index >= 15 is 0 Å². The number of carbonyl (C=O) groups is 1. The number of ether oxygens (including phenoxy) is 3. The molecule has 0 aliphatic carbocycles. The summed E-state index contributed by atoms with van der Waals surface area (Å²) < 4.78 is 16.8. The molecule has 0 saturated carbocycles. The van der Waals surface area contributed by atoms with E-state index in [4.69, 9.17) is 14.2 Å². The molecule has 0 spiro atoms. The summed E-state index contributed by atoms with van der Waals surface area (Å²) in [5.74, 6) is 2.22. The highest BCUT2D eigenvalue weighted by Gasteiger charge is 2.27. The summed E-state index contributed by atoms with van der Waals surface area (Å²) in [6.45, 7) is 1.68. The Morgan fingerprint density at radius 2 is 1.75 bits per heavy atom. The molecule has 2 aromatic carbocycles. The number of amides is 1. The Kier molecular flexibility index (Phi) is 7.00. The second-order valence-electron chi connectivity index (χ2n) is 6.76. The van der Waals surface area contributed by atoms with Crippen molar-refractivity contribution in [3.05, 3.63) is 54.1 Å². The fourth-order valence-corrected chi connectivity index (χ4v) is 3.46. The van der Waals surface area contributed by atoms with E-state index in [1.54, 1.807) is 7.11 Å². The number of rotatable bonds is 8. The molecule has 1 unspecified atom stereocenters. The normalized spacial score (nSPS) is 16.5. The van der Waals surface area contributed by atoms with Crippen LogP contribution in [0.1, 0.15) is 37.3 Å². The molecule has 28 heavy (non-hydrogen) atoms. The van der Waals surface area contributed by atoms with Crippen LogP contribution in [0.3, 0.4) is 0 Å². The summed E-state index contributed by atoms with van der Waals surface area (Å²) >= 11 is 0. The largest absolute Gasteiger partial charge is 0.493 e. The van der Waals surface area contributed by atoms with Crippen molar-refractivity contribution in [3.8, 4) is 17.2 Å². The Bertz CT molecular complexity index is 762. The van der Waals surface area contributed by atoms with E-state index < -0.39 is 6.09 Å².